The number of rotatable bonds is 1. The molecular weight excluding hydrogens is 166 g/mol. The van der Waals surface area contributed by atoms with Crippen molar-refractivity contribution in [2.24, 2.45) is 5.73 Å². The average molecular weight is 179 g/mol. The fourth-order valence-corrected chi connectivity index (χ4v) is 1.13. The number of aliphatic hydroxyl groups excluding tert-OH is 4. The second-order valence-corrected chi connectivity index (χ2v) is 2.77. The minimum absolute atomic E-state index is 0.0258. The monoisotopic (exact) mass is 179 g/mol. The zero-order valence-corrected chi connectivity index (χ0v) is 6.37. The van der Waals surface area contributed by atoms with Gasteiger partial charge in [-0.05, 0) is 0 Å². The molecule has 12 heavy (non-hydrogen) atoms. The van der Waals surface area contributed by atoms with Gasteiger partial charge in [0.1, 0.15) is 24.4 Å². The van der Waals surface area contributed by atoms with Crippen molar-refractivity contribution in [3.8, 4) is 0 Å². The summed E-state index contributed by atoms with van der Waals surface area (Å²) >= 11 is 0. The van der Waals surface area contributed by atoms with Crippen molar-refractivity contribution in [1.29, 1.82) is 0 Å². The fraction of sp³-hybridized carbons (Fsp3) is 1.00. The second kappa shape index (κ2) is 3.65. The summed E-state index contributed by atoms with van der Waals surface area (Å²) < 4.78 is 4.70. The van der Waals surface area contributed by atoms with E-state index in [1.54, 1.807) is 0 Å². The van der Waals surface area contributed by atoms with Gasteiger partial charge in [0.2, 0.25) is 0 Å². The average Bonchev–Trinajstić information content (AvgIpc) is 2.08. The molecule has 0 amide bonds. The van der Waals surface area contributed by atoms with Crippen LogP contribution >= 0.6 is 0 Å². The van der Waals surface area contributed by atoms with Gasteiger partial charge in [-0.2, -0.15) is 0 Å². The molecular formula is C6H13NO5. The zero-order valence-electron chi connectivity index (χ0n) is 6.37. The van der Waals surface area contributed by atoms with Crippen molar-refractivity contribution in [2.45, 2.75) is 30.7 Å². The van der Waals surface area contributed by atoms with Gasteiger partial charge in [0, 0.05) is 6.54 Å². The van der Waals surface area contributed by atoms with Crippen LogP contribution in [0.4, 0.5) is 0 Å². The minimum atomic E-state index is -1.49. The summed E-state index contributed by atoms with van der Waals surface area (Å²) in [4.78, 5) is 0. The van der Waals surface area contributed by atoms with Crippen molar-refractivity contribution in [3.63, 3.8) is 0 Å². The molecule has 0 radical (unpaired) electrons. The molecule has 1 saturated heterocycles. The van der Waals surface area contributed by atoms with Crippen molar-refractivity contribution in [2.75, 3.05) is 6.54 Å². The van der Waals surface area contributed by atoms with Crippen molar-refractivity contribution in [3.05, 3.63) is 0 Å². The van der Waals surface area contributed by atoms with E-state index in [0.717, 1.165) is 0 Å². The summed E-state index contributed by atoms with van der Waals surface area (Å²) in [6.45, 7) is -0.0258. The van der Waals surface area contributed by atoms with E-state index < -0.39 is 30.7 Å². The Kier molecular flexibility index (Phi) is 2.99. The molecule has 6 heteroatoms. The zero-order chi connectivity index (χ0) is 9.30. The van der Waals surface area contributed by atoms with Crippen LogP contribution in [0.1, 0.15) is 0 Å². The molecule has 0 saturated carbocycles. The lowest BCUT2D eigenvalue weighted by atomic mass is 9.99. The molecule has 0 bridgehead atoms. The maximum atomic E-state index is 9.20. The lowest BCUT2D eigenvalue weighted by Gasteiger charge is -2.37. The molecule has 6 N–H and O–H groups in total. The van der Waals surface area contributed by atoms with E-state index in [1.165, 1.54) is 0 Å². The van der Waals surface area contributed by atoms with E-state index in [0.29, 0.717) is 0 Å². The summed E-state index contributed by atoms with van der Waals surface area (Å²) in [5.74, 6) is 0. The normalized spacial score (nSPS) is 49.2. The van der Waals surface area contributed by atoms with Crippen LogP contribution in [-0.2, 0) is 4.74 Å². The van der Waals surface area contributed by atoms with E-state index in [-0.39, 0.29) is 6.54 Å². The first-order valence-electron chi connectivity index (χ1n) is 3.65. The lowest BCUT2D eigenvalue weighted by Crippen LogP contribution is -2.59. The first kappa shape index (κ1) is 9.85. The van der Waals surface area contributed by atoms with E-state index in [4.69, 9.17) is 25.8 Å². The first-order chi connectivity index (χ1) is 5.57. The molecule has 1 fully saturated rings. The molecule has 1 rings (SSSR count). The first-order valence-corrected chi connectivity index (χ1v) is 3.65. The van der Waals surface area contributed by atoms with Crippen molar-refractivity contribution < 1.29 is 25.2 Å². The van der Waals surface area contributed by atoms with E-state index in [2.05, 4.69) is 0 Å². The number of hydrogen-bond donors (Lipinski definition) is 5. The van der Waals surface area contributed by atoms with Gasteiger partial charge in [-0.1, -0.05) is 0 Å². The number of hydrogen-bond acceptors (Lipinski definition) is 6. The number of ether oxygens (including phenoxy) is 1. The summed E-state index contributed by atoms with van der Waals surface area (Å²) in [6.07, 6.45) is -6.48. The Hall–Kier alpha value is -0.240. The van der Waals surface area contributed by atoms with E-state index in [1.807, 2.05) is 0 Å². The quantitative estimate of drug-likeness (QED) is 0.288. The number of aliphatic hydroxyl groups is 4. The molecule has 1 aliphatic rings. The van der Waals surface area contributed by atoms with Crippen LogP contribution in [0.2, 0.25) is 0 Å². The highest BCUT2D eigenvalue weighted by Gasteiger charge is 2.42. The summed E-state index contributed by atoms with van der Waals surface area (Å²) in [6, 6.07) is 0. The fourth-order valence-electron chi connectivity index (χ4n) is 1.13. The van der Waals surface area contributed by atoms with Crippen LogP contribution in [0.3, 0.4) is 0 Å². The highest BCUT2D eigenvalue weighted by Crippen LogP contribution is 2.18. The molecule has 1 heterocycles. The second-order valence-electron chi connectivity index (χ2n) is 2.77. The summed E-state index contributed by atoms with van der Waals surface area (Å²) in [5.41, 5.74) is 5.17. The Bertz CT molecular complexity index is 150. The Morgan fingerprint density at radius 3 is 2.08 bits per heavy atom. The molecule has 0 aliphatic carbocycles. The maximum Gasteiger partial charge on any atom is 0.184 e. The van der Waals surface area contributed by atoms with Gasteiger partial charge in [-0.15, -0.1) is 0 Å². The summed E-state index contributed by atoms with van der Waals surface area (Å²) in [7, 11) is 0. The predicted octanol–water partition coefficient (Wildman–Crippen LogP) is -3.25. The number of nitrogens with two attached hydrogens (primary N) is 1. The topological polar surface area (TPSA) is 116 Å². The Morgan fingerprint density at radius 2 is 1.58 bits per heavy atom. The molecule has 1 aliphatic heterocycles. The largest absolute Gasteiger partial charge is 0.388 e. The van der Waals surface area contributed by atoms with Gasteiger partial charge >= 0.3 is 0 Å². The standard InChI is InChI=1S/C6H13NO5/c7-1-2-3(8)4(9)5(10)6(11)12-2/h2-6,8-11H,1,7H2/t2?,3-,4-,5?,6+/m1/s1. The van der Waals surface area contributed by atoms with Gasteiger partial charge in [0.05, 0.1) is 0 Å². The van der Waals surface area contributed by atoms with Crippen LogP contribution in [0.15, 0.2) is 0 Å². The van der Waals surface area contributed by atoms with E-state index in [9.17, 15) is 5.11 Å². The van der Waals surface area contributed by atoms with E-state index >= 15 is 0 Å². The van der Waals surface area contributed by atoms with Crippen molar-refractivity contribution in [1.82, 2.24) is 0 Å². The Balaban J connectivity index is 2.63. The van der Waals surface area contributed by atoms with Gasteiger partial charge in [0.25, 0.3) is 0 Å². The lowest BCUT2D eigenvalue weighted by molar-refractivity contribution is -0.279. The van der Waals surface area contributed by atoms with Crippen LogP contribution in [0.5, 0.6) is 0 Å². The van der Waals surface area contributed by atoms with Crippen LogP contribution in [0.25, 0.3) is 0 Å². The van der Waals surface area contributed by atoms with Crippen LogP contribution < -0.4 is 5.73 Å². The van der Waals surface area contributed by atoms with Gasteiger partial charge < -0.3 is 30.9 Å². The highest BCUT2D eigenvalue weighted by molar-refractivity contribution is 4.88. The smallest absolute Gasteiger partial charge is 0.184 e. The minimum Gasteiger partial charge on any atom is -0.388 e. The third kappa shape index (κ3) is 1.58. The highest BCUT2D eigenvalue weighted by atomic mass is 16.6. The Labute approximate surface area is 69.2 Å². The molecule has 2 unspecified atom stereocenters. The molecule has 6 nitrogen and oxygen atoms in total. The maximum absolute atomic E-state index is 9.20. The van der Waals surface area contributed by atoms with Crippen LogP contribution in [0, 0.1) is 0 Å². The van der Waals surface area contributed by atoms with Gasteiger partial charge in [-0.3, -0.25) is 0 Å². The Morgan fingerprint density at radius 1 is 1.00 bits per heavy atom. The predicted molar refractivity (Wildman–Crippen MR) is 38.0 cm³/mol. The molecule has 72 valence electrons. The molecule has 0 aromatic heterocycles. The molecule has 0 aromatic rings. The van der Waals surface area contributed by atoms with Gasteiger partial charge in [0.15, 0.2) is 6.29 Å². The molecule has 0 aromatic carbocycles. The van der Waals surface area contributed by atoms with Crippen molar-refractivity contribution >= 4 is 0 Å². The van der Waals surface area contributed by atoms with Gasteiger partial charge in [-0.25, -0.2) is 0 Å². The third-order valence-electron chi connectivity index (χ3n) is 1.92. The third-order valence-corrected chi connectivity index (χ3v) is 1.92. The van der Waals surface area contributed by atoms with Crippen LogP contribution in [-0.4, -0.2) is 57.7 Å². The molecule has 5 atom stereocenters. The molecule has 0 spiro atoms. The SMILES string of the molecule is NCC1O[C@H](O)C(O)[C@H](O)[C@@H]1O. The summed E-state index contributed by atoms with van der Waals surface area (Å²) in [5, 5.41) is 36.3.